The first-order valence-corrected chi connectivity index (χ1v) is 11.5. The monoisotopic (exact) mass is 438 g/mol. The van der Waals surface area contributed by atoms with Crippen LogP contribution in [-0.2, 0) is 11.2 Å². The second-order valence-electron chi connectivity index (χ2n) is 7.80. The van der Waals surface area contributed by atoms with Gasteiger partial charge in [0.15, 0.2) is 0 Å². The quantitative estimate of drug-likeness (QED) is 0.290. The lowest BCUT2D eigenvalue weighted by Gasteiger charge is -2.28. The van der Waals surface area contributed by atoms with Crippen LogP contribution >= 0.6 is 12.2 Å². The molecule has 0 saturated heterocycles. The van der Waals surface area contributed by atoms with Gasteiger partial charge >= 0.3 is 5.97 Å². The smallest absolute Gasteiger partial charge is 0.328 e. The van der Waals surface area contributed by atoms with Gasteiger partial charge < -0.3 is 15.3 Å². The van der Waals surface area contributed by atoms with Gasteiger partial charge in [0.05, 0.1) is 16.4 Å². The minimum Gasteiger partial charge on any atom is -0.478 e. The van der Waals surface area contributed by atoms with Crippen molar-refractivity contribution in [3.05, 3.63) is 65.7 Å². The largest absolute Gasteiger partial charge is 0.478 e. The van der Waals surface area contributed by atoms with E-state index >= 15 is 0 Å². The van der Waals surface area contributed by atoms with E-state index < -0.39 is 5.97 Å². The highest BCUT2D eigenvalue weighted by atomic mass is 32.1. The Kier molecular flexibility index (Phi) is 10.2. The predicted molar refractivity (Wildman–Crippen MR) is 136 cm³/mol. The zero-order chi connectivity index (χ0) is 22.6. The highest BCUT2D eigenvalue weighted by Gasteiger charge is 2.14. The summed E-state index contributed by atoms with van der Waals surface area (Å²) in [5.74, 6) is -0.941. The molecule has 166 valence electrons. The molecule has 31 heavy (non-hydrogen) atoms. The fraction of sp³-hybridized carbons (Fsp3) is 0.385. The fourth-order valence-electron chi connectivity index (χ4n) is 3.45. The molecule has 0 fully saturated rings. The highest BCUT2D eigenvalue weighted by Crippen LogP contribution is 2.31. The lowest BCUT2D eigenvalue weighted by molar-refractivity contribution is -0.131. The van der Waals surface area contributed by atoms with Gasteiger partial charge in [-0.2, -0.15) is 0 Å². The van der Waals surface area contributed by atoms with Gasteiger partial charge in [-0.15, -0.1) is 0 Å². The van der Waals surface area contributed by atoms with Crippen molar-refractivity contribution in [1.29, 1.82) is 0 Å². The van der Waals surface area contributed by atoms with E-state index in [0.717, 1.165) is 66.3 Å². The number of anilines is 2. The number of carboxylic acids is 1. The van der Waals surface area contributed by atoms with Crippen LogP contribution in [0.1, 0.15) is 57.6 Å². The Morgan fingerprint density at radius 3 is 2.29 bits per heavy atom. The minimum atomic E-state index is -0.941. The molecule has 4 nitrogen and oxygen atoms in total. The van der Waals surface area contributed by atoms with E-state index in [2.05, 4.69) is 42.3 Å². The van der Waals surface area contributed by atoms with E-state index in [-0.39, 0.29) is 0 Å². The maximum Gasteiger partial charge on any atom is 0.328 e. The van der Waals surface area contributed by atoms with Crippen LogP contribution in [0.3, 0.4) is 0 Å². The van der Waals surface area contributed by atoms with Gasteiger partial charge in [0.25, 0.3) is 0 Å². The maximum absolute atomic E-state index is 11.1. The number of nitrogens with one attached hydrogen (secondary N) is 1. The number of carbonyl (C=O) groups is 1. The first-order valence-electron chi connectivity index (χ1n) is 11.1. The van der Waals surface area contributed by atoms with E-state index in [1.165, 1.54) is 6.08 Å². The third-order valence-electron chi connectivity index (χ3n) is 5.18. The first kappa shape index (κ1) is 24.6. The number of carboxylic acid groups (broad SMARTS) is 1. The van der Waals surface area contributed by atoms with Crippen LogP contribution in [0.5, 0.6) is 0 Å². The van der Waals surface area contributed by atoms with Crippen LogP contribution in [0.15, 0.2) is 54.6 Å². The molecule has 2 aromatic rings. The maximum atomic E-state index is 11.1. The summed E-state index contributed by atoms with van der Waals surface area (Å²) in [7, 11) is 0. The molecule has 2 rings (SSSR count). The van der Waals surface area contributed by atoms with Gasteiger partial charge in [-0.3, -0.25) is 0 Å². The summed E-state index contributed by atoms with van der Waals surface area (Å²) < 4.78 is 0. The van der Waals surface area contributed by atoms with E-state index in [1.807, 2.05) is 37.3 Å². The molecule has 2 N–H and O–H groups in total. The van der Waals surface area contributed by atoms with E-state index in [0.29, 0.717) is 12.0 Å². The van der Waals surface area contributed by atoms with Crippen LogP contribution in [0.25, 0.3) is 5.57 Å². The molecule has 5 heteroatoms. The molecule has 0 heterocycles. The Bertz CT molecular complexity index is 886. The Morgan fingerprint density at radius 2 is 1.71 bits per heavy atom. The Hall–Kier alpha value is -2.66. The van der Waals surface area contributed by atoms with E-state index in [9.17, 15) is 4.79 Å². The Balaban J connectivity index is 2.37. The van der Waals surface area contributed by atoms with Crippen LogP contribution in [-0.4, -0.2) is 29.2 Å². The highest BCUT2D eigenvalue weighted by molar-refractivity contribution is 7.80. The third-order valence-corrected chi connectivity index (χ3v) is 5.42. The fourth-order valence-corrected chi connectivity index (χ4v) is 3.73. The van der Waals surface area contributed by atoms with Crippen LogP contribution in [0.2, 0.25) is 0 Å². The van der Waals surface area contributed by atoms with Crippen molar-refractivity contribution >= 4 is 40.1 Å². The number of nitrogens with zero attached hydrogens (tertiary/aromatic N) is 1. The Morgan fingerprint density at radius 1 is 1.06 bits per heavy atom. The van der Waals surface area contributed by atoms with Gasteiger partial charge in [-0.05, 0) is 48.6 Å². The molecular formula is C26H34N2O2S. The van der Waals surface area contributed by atoms with Crippen molar-refractivity contribution in [3.8, 4) is 0 Å². The number of hydrogen-bond donors (Lipinski definition) is 2. The molecule has 2 aromatic carbocycles. The predicted octanol–water partition coefficient (Wildman–Crippen LogP) is 6.56. The molecule has 0 unspecified atom stereocenters. The summed E-state index contributed by atoms with van der Waals surface area (Å²) in [4.78, 5) is 14.3. The van der Waals surface area contributed by atoms with Gasteiger partial charge in [-0.25, -0.2) is 4.79 Å². The molecule has 0 aliphatic rings. The van der Waals surface area contributed by atoms with Crippen molar-refractivity contribution in [1.82, 2.24) is 0 Å². The molecular weight excluding hydrogens is 404 g/mol. The van der Waals surface area contributed by atoms with Crippen molar-refractivity contribution < 1.29 is 9.90 Å². The molecule has 0 radical (unpaired) electrons. The van der Waals surface area contributed by atoms with Crippen molar-refractivity contribution in [3.63, 3.8) is 0 Å². The SMILES string of the molecule is CCCCN(CCCC)c1ccc(/C(C)=C/C(=O)O)cc1NC(=S)Cc1ccccc1. The number of benzene rings is 2. The number of hydrogen-bond acceptors (Lipinski definition) is 3. The van der Waals surface area contributed by atoms with Gasteiger partial charge in [0.2, 0.25) is 0 Å². The standard InChI is InChI=1S/C26H34N2O2S/c1-4-6-15-28(16-7-5-2)24-14-13-22(20(3)17-26(29)30)19-23(24)27-25(31)18-21-11-9-8-10-12-21/h8-14,17,19H,4-7,15-16,18H2,1-3H3,(H,27,31)(H,29,30)/b20-17+. The van der Waals surface area contributed by atoms with E-state index in [4.69, 9.17) is 17.3 Å². The second kappa shape index (κ2) is 12.9. The second-order valence-corrected chi connectivity index (χ2v) is 8.30. The number of aliphatic carboxylic acids is 1. The van der Waals surface area contributed by atoms with Crippen molar-refractivity contribution in [2.45, 2.75) is 52.9 Å². The Labute approximate surface area is 192 Å². The molecule has 0 amide bonds. The molecule has 0 aliphatic carbocycles. The summed E-state index contributed by atoms with van der Waals surface area (Å²) >= 11 is 5.68. The summed E-state index contributed by atoms with van der Waals surface area (Å²) in [5.41, 5.74) is 4.80. The van der Waals surface area contributed by atoms with Gasteiger partial charge in [0, 0.05) is 25.6 Å². The number of thiocarbonyl (C=S) groups is 1. The molecule has 0 atom stereocenters. The summed E-state index contributed by atoms with van der Waals surface area (Å²) in [6, 6.07) is 16.3. The van der Waals surface area contributed by atoms with Crippen LogP contribution in [0, 0.1) is 0 Å². The van der Waals surface area contributed by atoms with Crippen LogP contribution < -0.4 is 10.2 Å². The van der Waals surface area contributed by atoms with Gasteiger partial charge in [0.1, 0.15) is 0 Å². The first-order chi connectivity index (χ1) is 14.9. The molecule has 0 aliphatic heterocycles. The lowest BCUT2D eigenvalue weighted by Crippen LogP contribution is -2.27. The normalized spacial score (nSPS) is 11.3. The number of allylic oxidation sites excluding steroid dienone is 1. The van der Waals surface area contributed by atoms with E-state index in [1.54, 1.807) is 0 Å². The van der Waals surface area contributed by atoms with Crippen molar-refractivity contribution in [2.75, 3.05) is 23.3 Å². The summed E-state index contributed by atoms with van der Waals surface area (Å²) in [5, 5.41) is 12.6. The molecule has 0 saturated carbocycles. The molecule has 0 spiro atoms. The summed E-state index contributed by atoms with van der Waals surface area (Å²) in [6.45, 7) is 8.20. The summed E-state index contributed by atoms with van der Waals surface area (Å²) in [6.07, 6.45) is 6.42. The van der Waals surface area contributed by atoms with Crippen molar-refractivity contribution in [2.24, 2.45) is 0 Å². The minimum absolute atomic E-state index is 0.660. The molecule has 0 aromatic heterocycles. The zero-order valence-electron chi connectivity index (χ0n) is 18.9. The molecule has 0 bridgehead atoms. The average molecular weight is 439 g/mol. The van der Waals surface area contributed by atoms with Gasteiger partial charge in [-0.1, -0.05) is 75.3 Å². The number of unbranched alkanes of at least 4 members (excludes halogenated alkanes) is 2. The number of rotatable bonds is 12. The topological polar surface area (TPSA) is 52.6 Å². The lowest BCUT2D eigenvalue weighted by atomic mass is 10.0. The van der Waals surface area contributed by atoms with Crippen LogP contribution in [0.4, 0.5) is 11.4 Å². The third kappa shape index (κ3) is 8.18. The average Bonchev–Trinajstić information content (AvgIpc) is 2.74. The zero-order valence-corrected chi connectivity index (χ0v) is 19.7.